The lowest BCUT2D eigenvalue weighted by molar-refractivity contribution is -0.113. The van der Waals surface area contributed by atoms with E-state index in [2.05, 4.69) is 15.3 Å². The Kier molecular flexibility index (Phi) is 6.94. The van der Waals surface area contributed by atoms with Crippen LogP contribution in [0.4, 0.5) is 5.69 Å². The molecule has 1 amide bonds. The molecule has 9 heteroatoms. The van der Waals surface area contributed by atoms with Gasteiger partial charge in [0.2, 0.25) is 5.91 Å². The van der Waals surface area contributed by atoms with E-state index >= 15 is 0 Å². The van der Waals surface area contributed by atoms with Crippen LogP contribution in [0.3, 0.4) is 0 Å². The van der Waals surface area contributed by atoms with Crippen LogP contribution in [-0.2, 0) is 11.3 Å². The van der Waals surface area contributed by atoms with Gasteiger partial charge in [0, 0.05) is 24.5 Å². The zero-order valence-electron chi connectivity index (χ0n) is 17.3. The lowest BCUT2D eigenvalue weighted by atomic mass is 10.2. The van der Waals surface area contributed by atoms with E-state index in [4.69, 9.17) is 9.47 Å². The molecule has 0 aliphatic heterocycles. The lowest BCUT2D eigenvalue weighted by Gasteiger charge is -2.14. The van der Waals surface area contributed by atoms with Gasteiger partial charge in [0.25, 0.3) is 5.56 Å². The standard InChI is InChI=1S/C21H24N4O4S/c1-13(2)11-25-20(27)15-6-5-9-22-19(15)24-21(25)30-12-18(26)23-14-7-8-16(28-3)17(10-14)29-4/h5-10,13H,11-12H2,1-4H3,(H,23,26). The minimum atomic E-state index is -0.223. The first-order chi connectivity index (χ1) is 14.4. The van der Waals surface area contributed by atoms with E-state index in [1.165, 1.54) is 18.9 Å². The van der Waals surface area contributed by atoms with Crippen LogP contribution >= 0.6 is 11.8 Å². The maximum Gasteiger partial charge on any atom is 0.263 e. The Labute approximate surface area is 178 Å². The van der Waals surface area contributed by atoms with Gasteiger partial charge in [-0.15, -0.1) is 0 Å². The number of aromatic nitrogens is 3. The van der Waals surface area contributed by atoms with Crippen molar-refractivity contribution in [1.82, 2.24) is 14.5 Å². The van der Waals surface area contributed by atoms with Gasteiger partial charge in [-0.2, -0.15) is 0 Å². The van der Waals surface area contributed by atoms with Crippen molar-refractivity contribution in [3.05, 3.63) is 46.9 Å². The molecule has 0 fully saturated rings. The molecule has 3 aromatic rings. The van der Waals surface area contributed by atoms with Crippen LogP contribution in [0.15, 0.2) is 46.5 Å². The summed E-state index contributed by atoms with van der Waals surface area (Å²) in [6, 6.07) is 8.57. The number of amides is 1. The molecule has 3 rings (SSSR count). The Bertz CT molecular complexity index is 1110. The summed E-state index contributed by atoms with van der Waals surface area (Å²) in [4.78, 5) is 34.1. The number of hydrogen-bond acceptors (Lipinski definition) is 7. The summed E-state index contributed by atoms with van der Waals surface area (Å²) in [5, 5.41) is 3.77. The summed E-state index contributed by atoms with van der Waals surface area (Å²) >= 11 is 1.21. The van der Waals surface area contributed by atoms with Crippen molar-refractivity contribution >= 4 is 34.4 Å². The van der Waals surface area contributed by atoms with Crippen LogP contribution in [0.1, 0.15) is 13.8 Å². The molecule has 1 N–H and O–H groups in total. The fourth-order valence-corrected chi connectivity index (χ4v) is 3.71. The molecule has 0 bridgehead atoms. The predicted molar refractivity (Wildman–Crippen MR) is 118 cm³/mol. The van der Waals surface area contributed by atoms with Crippen LogP contribution in [0.2, 0.25) is 0 Å². The van der Waals surface area contributed by atoms with Crippen molar-refractivity contribution in [1.29, 1.82) is 0 Å². The minimum Gasteiger partial charge on any atom is -0.493 e. The monoisotopic (exact) mass is 428 g/mol. The van der Waals surface area contributed by atoms with Gasteiger partial charge in [-0.05, 0) is 30.2 Å². The number of anilines is 1. The Morgan fingerprint density at radius 1 is 1.20 bits per heavy atom. The number of benzene rings is 1. The number of thioether (sulfide) groups is 1. The molecule has 0 aliphatic carbocycles. The normalized spacial score (nSPS) is 11.0. The fraction of sp³-hybridized carbons (Fsp3) is 0.333. The first kappa shape index (κ1) is 21.6. The summed E-state index contributed by atoms with van der Waals surface area (Å²) < 4.78 is 12.1. The van der Waals surface area contributed by atoms with Gasteiger partial charge in [-0.3, -0.25) is 14.2 Å². The van der Waals surface area contributed by atoms with E-state index in [1.54, 1.807) is 48.2 Å². The molecule has 30 heavy (non-hydrogen) atoms. The van der Waals surface area contributed by atoms with E-state index in [0.29, 0.717) is 39.9 Å². The number of nitrogens with one attached hydrogen (secondary N) is 1. The minimum absolute atomic E-state index is 0.0945. The smallest absolute Gasteiger partial charge is 0.263 e. The number of ether oxygens (including phenoxy) is 2. The molecule has 2 aromatic heterocycles. The highest BCUT2D eigenvalue weighted by molar-refractivity contribution is 7.99. The maximum atomic E-state index is 12.9. The van der Waals surface area contributed by atoms with Crippen LogP contribution in [0.25, 0.3) is 11.0 Å². The third-order valence-corrected chi connectivity index (χ3v) is 5.22. The predicted octanol–water partition coefficient (Wildman–Crippen LogP) is 3.20. The average molecular weight is 429 g/mol. The van der Waals surface area contributed by atoms with E-state index in [1.807, 2.05) is 13.8 Å². The second-order valence-electron chi connectivity index (χ2n) is 6.99. The van der Waals surface area contributed by atoms with Gasteiger partial charge in [0.05, 0.1) is 25.4 Å². The number of carbonyl (C=O) groups is 1. The summed E-state index contributed by atoms with van der Waals surface area (Å²) in [5.74, 6) is 1.22. The molecule has 0 aliphatic rings. The molecule has 0 saturated carbocycles. The van der Waals surface area contributed by atoms with Crippen LogP contribution in [0.5, 0.6) is 11.5 Å². The van der Waals surface area contributed by atoms with Crippen molar-refractivity contribution < 1.29 is 14.3 Å². The Morgan fingerprint density at radius 2 is 1.97 bits per heavy atom. The Morgan fingerprint density at radius 3 is 2.67 bits per heavy atom. The van der Waals surface area contributed by atoms with E-state index in [0.717, 1.165) is 0 Å². The van der Waals surface area contributed by atoms with Crippen molar-refractivity contribution in [2.24, 2.45) is 5.92 Å². The summed E-state index contributed by atoms with van der Waals surface area (Å²) in [5.41, 5.74) is 0.820. The highest BCUT2D eigenvalue weighted by atomic mass is 32.2. The van der Waals surface area contributed by atoms with Crippen LogP contribution in [-0.4, -0.2) is 40.4 Å². The maximum absolute atomic E-state index is 12.9. The van der Waals surface area contributed by atoms with Gasteiger partial charge < -0.3 is 14.8 Å². The summed E-state index contributed by atoms with van der Waals surface area (Å²) in [6.07, 6.45) is 1.60. The highest BCUT2D eigenvalue weighted by Crippen LogP contribution is 2.30. The average Bonchev–Trinajstić information content (AvgIpc) is 2.74. The molecular formula is C21H24N4O4S. The molecule has 0 saturated heterocycles. The molecule has 1 aromatic carbocycles. The first-order valence-corrected chi connectivity index (χ1v) is 10.4. The zero-order valence-corrected chi connectivity index (χ0v) is 18.2. The number of carbonyl (C=O) groups excluding carboxylic acids is 1. The Balaban J connectivity index is 1.79. The highest BCUT2D eigenvalue weighted by Gasteiger charge is 2.15. The number of nitrogens with zero attached hydrogens (tertiary/aromatic N) is 3. The van der Waals surface area contributed by atoms with Crippen molar-refractivity contribution in [3.63, 3.8) is 0 Å². The van der Waals surface area contributed by atoms with Crippen molar-refractivity contribution in [2.75, 3.05) is 25.3 Å². The van der Waals surface area contributed by atoms with E-state index < -0.39 is 0 Å². The molecule has 158 valence electrons. The number of fused-ring (bicyclic) bond motifs is 1. The third kappa shape index (κ3) is 4.91. The van der Waals surface area contributed by atoms with Crippen molar-refractivity contribution in [2.45, 2.75) is 25.5 Å². The van der Waals surface area contributed by atoms with Gasteiger partial charge >= 0.3 is 0 Å². The molecule has 0 unspecified atom stereocenters. The second-order valence-corrected chi connectivity index (χ2v) is 7.93. The molecule has 0 atom stereocenters. The van der Waals surface area contributed by atoms with Gasteiger partial charge in [0.1, 0.15) is 0 Å². The molecule has 0 spiro atoms. The second kappa shape index (κ2) is 9.62. The molecule has 2 heterocycles. The number of methoxy groups -OCH3 is 2. The third-order valence-electron chi connectivity index (χ3n) is 4.24. The number of pyridine rings is 1. The molecular weight excluding hydrogens is 404 g/mol. The zero-order chi connectivity index (χ0) is 21.7. The summed E-state index contributed by atoms with van der Waals surface area (Å²) in [6.45, 7) is 4.56. The van der Waals surface area contributed by atoms with Gasteiger partial charge in [0.15, 0.2) is 22.3 Å². The molecule has 8 nitrogen and oxygen atoms in total. The van der Waals surface area contributed by atoms with Gasteiger partial charge in [-0.1, -0.05) is 25.6 Å². The largest absolute Gasteiger partial charge is 0.493 e. The SMILES string of the molecule is COc1ccc(NC(=O)CSc2nc3ncccc3c(=O)n2CC(C)C)cc1OC. The number of rotatable bonds is 8. The fourth-order valence-electron chi connectivity index (χ4n) is 2.91. The molecule has 0 radical (unpaired) electrons. The first-order valence-electron chi connectivity index (χ1n) is 9.43. The topological polar surface area (TPSA) is 95.3 Å². The van der Waals surface area contributed by atoms with Gasteiger partial charge in [-0.25, -0.2) is 9.97 Å². The van der Waals surface area contributed by atoms with Crippen molar-refractivity contribution in [3.8, 4) is 11.5 Å². The summed E-state index contributed by atoms with van der Waals surface area (Å²) in [7, 11) is 3.08. The number of hydrogen-bond donors (Lipinski definition) is 1. The van der Waals surface area contributed by atoms with E-state index in [-0.39, 0.29) is 23.1 Å². The lowest BCUT2D eigenvalue weighted by Crippen LogP contribution is -2.26. The van der Waals surface area contributed by atoms with Crippen LogP contribution in [0, 0.1) is 5.92 Å². The van der Waals surface area contributed by atoms with E-state index in [9.17, 15) is 9.59 Å². The Hall–Kier alpha value is -3.07. The quantitative estimate of drug-likeness (QED) is 0.435. The van der Waals surface area contributed by atoms with Crippen LogP contribution < -0.4 is 20.3 Å².